The van der Waals surface area contributed by atoms with E-state index in [0.29, 0.717) is 18.8 Å². The Morgan fingerprint density at radius 3 is 2.27 bits per heavy atom. The maximum absolute atomic E-state index is 13.1. The first-order valence-electron chi connectivity index (χ1n) is 10.3. The topological polar surface area (TPSA) is 50.6 Å². The Labute approximate surface area is 177 Å². The molecule has 6 heteroatoms. The maximum Gasteiger partial charge on any atom is 0.272 e. The van der Waals surface area contributed by atoms with Crippen LogP contribution in [0.15, 0.2) is 48.5 Å². The molecule has 0 unspecified atom stereocenters. The van der Waals surface area contributed by atoms with Crippen LogP contribution < -0.4 is 9.64 Å². The molecule has 0 radical (unpaired) electrons. The number of carbonyl (C=O) groups excluding carboxylic acids is 1. The van der Waals surface area contributed by atoms with Gasteiger partial charge >= 0.3 is 0 Å². The Hall–Kier alpha value is -3.28. The van der Waals surface area contributed by atoms with Crippen LogP contribution in [-0.2, 0) is 7.05 Å². The van der Waals surface area contributed by atoms with Gasteiger partial charge in [-0.05, 0) is 61.4 Å². The van der Waals surface area contributed by atoms with E-state index in [1.165, 1.54) is 11.1 Å². The van der Waals surface area contributed by atoms with E-state index in [9.17, 15) is 4.79 Å². The SMILES string of the molecule is COc1ccc(N2CCN(C(=O)c3cc(-c4ccc(C)c(C)c4)nn3C)CC2)cc1. The zero-order valence-electron chi connectivity index (χ0n) is 18.1. The zero-order chi connectivity index (χ0) is 21.3. The van der Waals surface area contributed by atoms with E-state index in [0.717, 1.165) is 35.8 Å². The van der Waals surface area contributed by atoms with Gasteiger partial charge in [0.1, 0.15) is 11.4 Å². The molecule has 0 bridgehead atoms. The van der Waals surface area contributed by atoms with Crippen molar-refractivity contribution in [3.8, 4) is 17.0 Å². The second-order valence-electron chi connectivity index (χ2n) is 7.81. The zero-order valence-corrected chi connectivity index (χ0v) is 18.1. The highest BCUT2D eigenvalue weighted by atomic mass is 16.5. The molecular formula is C24H28N4O2. The second kappa shape index (κ2) is 8.22. The molecule has 2 heterocycles. The highest BCUT2D eigenvalue weighted by Gasteiger charge is 2.25. The number of carbonyl (C=O) groups is 1. The molecule has 1 saturated heterocycles. The Morgan fingerprint density at radius 1 is 0.933 bits per heavy atom. The first kappa shape index (κ1) is 20.0. The van der Waals surface area contributed by atoms with Crippen LogP contribution in [0.3, 0.4) is 0 Å². The molecule has 6 nitrogen and oxygen atoms in total. The summed E-state index contributed by atoms with van der Waals surface area (Å²) >= 11 is 0. The van der Waals surface area contributed by atoms with E-state index in [2.05, 4.69) is 54.2 Å². The van der Waals surface area contributed by atoms with Gasteiger partial charge in [0.05, 0.1) is 12.8 Å². The molecule has 0 atom stereocenters. The highest BCUT2D eigenvalue weighted by molar-refractivity contribution is 5.94. The summed E-state index contributed by atoms with van der Waals surface area (Å²) < 4.78 is 6.93. The number of anilines is 1. The molecule has 1 aliphatic rings. The Balaban J connectivity index is 1.45. The standard InChI is InChI=1S/C24H28N4O2/c1-17-5-6-19(15-18(17)2)22-16-23(26(3)25-22)24(29)28-13-11-27(12-14-28)20-7-9-21(30-4)10-8-20/h5-10,15-16H,11-14H2,1-4H3. The fraction of sp³-hybridized carbons (Fsp3) is 0.333. The highest BCUT2D eigenvalue weighted by Crippen LogP contribution is 2.24. The lowest BCUT2D eigenvalue weighted by molar-refractivity contribution is 0.0735. The van der Waals surface area contributed by atoms with Gasteiger partial charge in [0.2, 0.25) is 0 Å². The fourth-order valence-electron chi connectivity index (χ4n) is 3.83. The molecule has 1 fully saturated rings. The second-order valence-corrected chi connectivity index (χ2v) is 7.81. The van der Waals surface area contributed by atoms with E-state index < -0.39 is 0 Å². The molecule has 1 aromatic heterocycles. The van der Waals surface area contributed by atoms with E-state index in [4.69, 9.17) is 4.74 Å². The minimum absolute atomic E-state index is 0.0365. The summed E-state index contributed by atoms with van der Waals surface area (Å²) in [6.07, 6.45) is 0. The van der Waals surface area contributed by atoms with Gasteiger partial charge in [-0.3, -0.25) is 9.48 Å². The van der Waals surface area contributed by atoms with Gasteiger partial charge in [-0.15, -0.1) is 0 Å². The Morgan fingerprint density at radius 2 is 1.63 bits per heavy atom. The minimum atomic E-state index is 0.0365. The van der Waals surface area contributed by atoms with Gasteiger partial charge in [0.15, 0.2) is 0 Å². The Kier molecular flexibility index (Phi) is 5.48. The lowest BCUT2D eigenvalue weighted by atomic mass is 10.0. The molecular weight excluding hydrogens is 376 g/mol. The molecule has 156 valence electrons. The van der Waals surface area contributed by atoms with Crippen molar-refractivity contribution in [1.29, 1.82) is 0 Å². The lowest BCUT2D eigenvalue weighted by Crippen LogP contribution is -2.49. The van der Waals surface area contributed by atoms with E-state index in [-0.39, 0.29) is 5.91 Å². The number of nitrogens with zero attached hydrogens (tertiary/aromatic N) is 4. The summed E-state index contributed by atoms with van der Waals surface area (Å²) in [4.78, 5) is 17.4. The molecule has 30 heavy (non-hydrogen) atoms. The third-order valence-electron chi connectivity index (χ3n) is 5.91. The molecule has 0 saturated carbocycles. The fourth-order valence-corrected chi connectivity index (χ4v) is 3.83. The number of piperazine rings is 1. The van der Waals surface area contributed by atoms with Crippen LogP contribution in [0, 0.1) is 13.8 Å². The summed E-state index contributed by atoms with van der Waals surface area (Å²) in [5.41, 5.74) is 6.13. The number of benzene rings is 2. The molecule has 1 amide bonds. The lowest BCUT2D eigenvalue weighted by Gasteiger charge is -2.36. The number of aryl methyl sites for hydroxylation is 3. The number of amides is 1. The minimum Gasteiger partial charge on any atom is -0.497 e. The molecule has 1 aliphatic heterocycles. The predicted octanol–water partition coefficient (Wildman–Crippen LogP) is 3.67. The van der Waals surface area contributed by atoms with Gasteiger partial charge in [0.25, 0.3) is 5.91 Å². The number of methoxy groups -OCH3 is 1. The Bertz CT molecular complexity index is 1050. The van der Waals surface area contributed by atoms with Crippen molar-refractivity contribution >= 4 is 11.6 Å². The molecule has 4 rings (SSSR count). The van der Waals surface area contributed by atoms with Crippen LogP contribution in [0.1, 0.15) is 21.6 Å². The number of aromatic nitrogens is 2. The van der Waals surface area contributed by atoms with Crippen LogP contribution in [0.25, 0.3) is 11.3 Å². The number of rotatable bonds is 4. The maximum atomic E-state index is 13.1. The van der Waals surface area contributed by atoms with Crippen LogP contribution in [-0.4, -0.2) is 53.9 Å². The molecule has 0 spiro atoms. The van der Waals surface area contributed by atoms with Gasteiger partial charge in [0, 0.05) is 44.5 Å². The summed E-state index contributed by atoms with van der Waals surface area (Å²) in [6, 6.07) is 16.3. The van der Waals surface area contributed by atoms with Crippen LogP contribution in [0.4, 0.5) is 5.69 Å². The van der Waals surface area contributed by atoms with Crippen molar-refractivity contribution in [3.05, 3.63) is 65.4 Å². The first-order chi connectivity index (χ1) is 14.5. The largest absolute Gasteiger partial charge is 0.497 e. The van der Waals surface area contributed by atoms with E-state index in [1.807, 2.05) is 30.1 Å². The van der Waals surface area contributed by atoms with Crippen LogP contribution in [0.2, 0.25) is 0 Å². The van der Waals surface area contributed by atoms with Crippen LogP contribution in [0.5, 0.6) is 5.75 Å². The van der Waals surface area contributed by atoms with Crippen LogP contribution >= 0.6 is 0 Å². The monoisotopic (exact) mass is 404 g/mol. The number of ether oxygens (including phenoxy) is 1. The number of hydrogen-bond acceptors (Lipinski definition) is 4. The average Bonchev–Trinajstić information content (AvgIpc) is 3.17. The van der Waals surface area contributed by atoms with Crippen molar-refractivity contribution in [2.75, 3.05) is 38.2 Å². The van der Waals surface area contributed by atoms with Crippen molar-refractivity contribution in [1.82, 2.24) is 14.7 Å². The van der Waals surface area contributed by atoms with Gasteiger partial charge in [-0.2, -0.15) is 5.10 Å². The average molecular weight is 405 g/mol. The van der Waals surface area contributed by atoms with Crippen molar-refractivity contribution in [2.45, 2.75) is 13.8 Å². The summed E-state index contributed by atoms with van der Waals surface area (Å²) in [6.45, 7) is 7.18. The molecule has 3 aromatic rings. The third-order valence-corrected chi connectivity index (χ3v) is 5.91. The first-order valence-corrected chi connectivity index (χ1v) is 10.3. The summed E-state index contributed by atoms with van der Waals surface area (Å²) in [7, 11) is 3.51. The van der Waals surface area contributed by atoms with Gasteiger partial charge < -0.3 is 14.5 Å². The van der Waals surface area contributed by atoms with E-state index >= 15 is 0 Å². The van der Waals surface area contributed by atoms with E-state index in [1.54, 1.807) is 11.8 Å². The molecule has 0 aliphatic carbocycles. The molecule has 2 aromatic carbocycles. The summed E-state index contributed by atoms with van der Waals surface area (Å²) in [5.74, 6) is 0.887. The molecule has 0 N–H and O–H groups in total. The van der Waals surface area contributed by atoms with Gasteiger partial charge in [-0.1, -0.05) is 12.1 Å². The quantitative estimate of drug-likeness (QED) is 0.666. The third kappa shape index (κ3) is 3.90. The van der Waals surface area contributed by atoms with Gasteiger partial charge in [-0.25, -0.2) is 0 Å². The van der Waals surface area contributed by atoms with Crippen molar-refractivity contribution in [3.63, 3.8) is 0 Å². The van der Waals surface area contributed by atoms with Crippen molar-refractivity contribution in [2.24, 2.45) is 7.05 Å². The predicted molar refractivity (Wildman–Crippen MR) is 119 cm³/mol. The smallest absolute Gasteiger partial charge is 0.272 e. The summed E-state index contributed by atoms with van der Waals surface area (Å²) in [5, 5.41) is 4.59. The normalized spacial score (nSPS) is 14.1. The van der Waals surface area contributed by atoms with Crippen molar-refractivity contribution < 1.29 is 9.53 Å². The number of hydrogen-bond donors (Lipinski definition) is 0.